The quantitative estimate of drug-likeness (QED) is 0.301. The van der Waals surface area contributed by atoms with Crippen LogP contribution in [0.15, 0.2) is 91.3 Å². The van der Waals surface area contributed by atoms with Gasteiger partial charge >= 0.3 is 5.97 Å². The first-order valence-corrected chi connectivity index (χ1v) is 12.5. The molecule has 6 heteroatoms. The zero-order chi connectivity index (χ0) is 26.2. The Labute approximate surface area is 221 Å². The van der Waals surface area contributed by atoms with Gasteiger partial charge in [0, 0.05) is 23.8 Å². The number of ether oxygens (including phenoxy) is 1. The van der Waals surface area contributed by atoms with Crippen molar-refractivity contribution in [2.24, 2.45) is 5.92 Å². The molecule has 1 aliphatic rings. The Balaban J connectivity index is 0.000000173. The third kappa shape index (κ3) is 7.51. The molecule has 0 bridgehead atoms. The fourth-order valence-electron chi connectivity index (χ4n) is 4.25. The minimum absolute atomic E-state index is 0.167. The zero-order valence-electron chi connectivity index (χ0n) is 20.6. The van der Waals surface area contributed by atoms with Gasteiger partial charge in [-0.25, -0.2) is 0 Å². The predicted octanol–water partition coefficient (Wildman–Crippen LogP) is 6.60. The van der Waals surface area contributed by atoms with E-state index in [-0.39, 0.29) is 11.7 Å². The van der Waals surface area contributed by atoms with Gasteiger partial charge in [-0.05, 0) is 89.5 Å². The van der Waals surface area contributed by atoms with Crippen molar-refractivity contribution in [2.75, 3.05) is 0 Å². The summed E-state index contributed by atoms with van der Waals surface area (Å²) in [6.45, 7) is 2.11. The molecule has 1 aliphatic carbocycles. The molecule has 0 saturated carbocycles. The predicted molar refractivity (Wildman–Crippen MR) is 145 cm³/mol. The summed E-state index contributed by atoms with van der Waals surface area (Å²) in [6, 6.07) is 25.3. The summed E-state index contributed by atoms with van der Waals surface area (Å²) in [5.41, 5.74) is 6.62. The molecule has 1 aromatic heterocycles. The van der Waals surface area contributed by atoms with Gasteiger partial charge in [-0.3, -0.25) is 14.6 Å². The molecule has 3 aromatic carbocycles. The average Bonchev–Trinajstić information content (AvgIpc) is 3.34. The van der Waals surface area contributed by atoms with E-state index in [1.807, 2.05) is 72.8 Å². The minimum atomic E-state index is -0.704. The van der Waals surface area contributed by atoms with Crippen molar-refractivity contribution in [3.05, 3.63) is 119 Å². The van der Waals surface area contributed by atoms with Gasteiger partial charge in [0.2, 0.25) is 0 Å². The lowest BCUT2D eigenvalue weighted by Gasteiger charge is -2.06. The number of nitrogens with zero attached hydrogens (tertiary/aromatic N) is 1. The van der Waals surface area contributed by atoms with Gasteiger partial charge < -0.3 is 9.84 Å². The van der Waals surface area contributed by atoms with E-state index in [9.17, 15) is 9.59 Å². The number of aliphatic carboxylic acids is 1. The highest BCUT2D eigenvalue weighted by Gasteiger charge is 2.27. The number of rotatable bonds is 7. The zero-order valence-corrected chi connectivity index (χ0v) is 21.3. The molecule has 0 aliphatic heterocycles. The number of benzene rings is 3. The molecule has 1 atom stereocenters. The lowest BCUT2D eigenvalue weighted by molar-refractivity contribution is -0.141. The van der Waals surface area contributed by atoms with E-state index in [0.717, 1.165) is 44.2 Å². The Morgan fingerprint density at radius 1 is 0.865 bits per heavy atom. The van der Waals surface area contributed by atoms with Crippen LogP contribution in [0, 0.1) is 5.92 Å². The monoisotopic (exact) mass is 513 g/mol. The summed E-state index contributed by atoms with van der Waals surface area (Å²) in [4.78, 5) is 26.0. The smallest absolute Gasteiger partial charge is 0.307 e. The van der Waals surface area contributed by atoms with Gasteiger partial charge in [0.15, 0.2) is 0 Å². The fraction of sp³-hybridized carbons (Fsp3) is 0.194. The maximum Gasteiger partial charge on any atom is 0.307 e. The molecule has 5 rings (SSSR count). The second-order valence-corrected chi connectivity index (χ2v) is 9.54. The van der Waals surface area contributed by atoms with E-state index >= 15 is 0 Å². The lowest BCUT2D eigenvalue weighted by Crippen LogP contribution is -2.12. The topological polar surface area (TPSA) is 76.5 Å². The first-order chi connectivity index (χ1) is 17.9. The highest BCUT2D eigenvalue weighted by molar-refractivity contribution is 6.30. The van der Waals surface area contributed by atoms with Crippen LogP contribution in [0.2, 0.25) is 5.02 Å². The molecule has 0 amide bonds. The van der Waals surface area contributed by atoms with Crippen LogP contribution >= 0.6 is 11.6 Å². The molecule has 0 fully saturated rings. The molecule has 1 heterocycles. The molecule has 1 N–H and O–H groups in total. The number of carboxylic acid groups (broad SMARTS) is 1. The third-order valence-electron chi connectivity index (χ3n) is 6.20. The fourth-order valence-corrected chi connectivity index (χ4v) is 4.38. The number of hydrogen-bond donors (Lipinski definition) is 1. The number of hydrogen-bond acceptors (Lipinski definition) is 4. The summed E-state index contributed by atoms with van der Waals surface area (Å²) in [5.74, 6) is -0.000668. The molecule has 188 valence electrons. The first kappa shape index (κ1) is 26.1. The molecule has 0 radical (unpaired) electrons. The molecule has 0 spiro atoms. The standard InChI is InChI=1S/C16H13ClO2.C15H15NO2/c17-15-5-3-10(4-6-15)11-1-2-12-8-14(16(18)19)9-13(12)7-11;1-12(17)10-13-2-4-15(5-3-13)18-11-14-6-8-16-9-7-14/h1-7,14H,8-9H2,(H,18,19);2-9H,10-11H2,1H3. The second kappa shape index (κ2) is 12.3. The number of pyridine rings is 1. The van der Waals surface area contributed by atoms with Gasteiger partial charge in [-0.15, -0.1) is 0 Å². The maximum absolute atomic E-state index is 11.0. The van der Waals surface area contributed by atoms with Crippen molar-refractivity contribution in [3.8, 4) is 16.9 Å². The average molecular weight is 514 g/mol. The molecular weight excluding hydrogens is 486 g/mol. The van der Waals surface area contributed by atoms with Crippen LogP contribution in [-0.4, -0.2) is 21.8 Å². The van der Waals surface area contributed by atoms with Crippen molar-refractivity contribution in [3.63, 3.8) is 0 Å². The Bertz CT molecular complexity index is 1350. The van der Waals surface area contributed by atoms with E-state index in [4.69, 9.17) is 21.4 Å². The SMILES string of the molecule is CC(=O)Cc1ccc(OCc2ccncc2)cc1.O=C(O)C1Cc2ccc(-c3ccc(Cl)cc3)cc2C1. The molecule has 4 aromatic rings. The van der Waals surface area contributed by atoms with Crippen LogP contribution in [-0.2, 0) is 35.5 Å². The second-order valence-electron chi connectivity index (χ2n) is 9.10. The summed E-state index contributed by atoms with van der Waals surface area (Å²) >= 11 is 5.88. The van der Waals surface area contributed by atoms with E-state index in [1.54, 1.807) is 19.3 Å². The van der Waals surface area contributed by atoms with Crippen LogP contribution < -0.4 is 4.74 Å². The number of Topliss-reactive ketones (excluding diaryl/α,β-unsaturated/α-hetero) is 1. The number of ketones is 1. The molecule has 1 unspecified atom stereocenters. The first-order valence-electron chi connectivity index (χ1n) is 12.1. The highest BCUT2D eigenvalue weighted by atomic mass is 35.5. The lowest BCUT2D eigenvalue weighted by atomic mass is 10.0. The molecular formula is C31H28ClNO4. The normalized spacial score (nSPS) is 13.7. The number of carbonyl (C=O) groups is 2. The summed E-state index contributed by atoms with van der Waals surface area (Å²) in [5, 5.41) is 9.81. The van der Waals surface area contributed by atoms with Crippen LogP contribution in [0.25, 0.3) is 11.1 Å². The van der Waals surface area contributed by atoms with Gasteiger partial charge in [0.05, 0.1) is 5.92 Å². The van der Waals surface area contributed by atoms with Crippen molar-refractivity contribution in [1.82, 2.24) is 4.98 Å². The Hall–Kier alpha value is -3.96. The number of carbonyl (C=O) groups excluding carboxylic acids is 1. The Kier molecular flexibility index (Phi) is 8.70. The summed E-state index contributed by atoms with van der Waals surface area (Å²) in [6.07, 6.45) is 5.24. The van der Waals surface area contributed by atoms with Crippen LogP contribution in [0.5, 0.6) is 5.75 Å². The summed E-state index contributed by atoms with van der Waals surface area (Å²) < 4.78 is 5.64. The number of fused-ring (bicyclic) bond motifs is 1. The highest BCUT2D eigenvalue weighted by Crippen LogP contribution is 2.31. The van der Waals surface area contributed by atoms with E-state index < -0.39 is 5.97 Å². The molecule has 5 nitrogen and oxygen atoms in total. The van der Waals surface area contributed by atoms with Crippen LogP contribution in [0.4, 0.5) is 0 Å². The van der Waals surface area contributed by atoms with Crippen LogP contribution in [0.3, 0.4) is 0 Å². The summed E-state index contributed by atoms with van der Waals surface area (Å²) in [7, 11) is 0. The van der Waals surface area contributed by atoms with Gasteiger partial charge in [0.25, 0.3) is 0 Å². The number of carboxylic acids is 1. The number of halogens is 1. The van der Waals surface area contributed by atoms with E-state index in [1.165, 1.54) is 0 Å². The molecule has 0 saturated heterocycles. The van der Waals surface area contributed by atoms with Crippen molar-refractivity contribution >= 4 is 23.4 Å². The van der Waals surface area contributed by atoms with E-state index in [2.05, 4.69) is 11.1 Å². The van der Waals surface area contributed by atoms with Gasteiger partial charge in [0.1, 0.15) is 18.1 Å². The van der Waals surface area contributed by atoms with Gasteiger partial charge in [-0.1, -0.05) is 54.1 Å². The van der Waals surface area contributed by atoms with Crippen LogP contribution in [0.1, 0.15) is 29.2 Å². The largest absolute Gasteiger partial charge is 0.489 e. The van der Waals surface area contributed by atoms with Gasteiger partial charge in [-0.2, -0.15) is 0 Å². The van der Waals surface area contributed by atoms with Crippen molar-refractivity contribution < 1.29 is 19.4 Å². The Morgan fingerprint density at radius 3 is 2.16 bits per heavy atom. The van der Waals surface area contributed by atoms with Crippen molar-refractivity contribution in [2.45, 2.75) is 32.8 Å². The minimum Gasteiger partial charge on any atom is -0.489 e. The Morgan fingerprint density at radius 2 is 1.51 bits per heavy atom. The van der Waals surface area contributed by atoms with Crippen molar-refractivity contribution in [1.29, 1.82) is 0 Å². The third-order valence-corrected chi connectivity index (χ3v) is 6.45. The van der Waals surface area contributed by atoms with E-state index in [0.29, 0.717) is 25.9 Å². The number of aromatic nitrogens is 1. The molecule has 37 heavy (non-hydrogen) atoms. The maximum atomic E-state index is 11.0.